The van der Waals surface area contributed by atoms with Gasteiger partial charge in [0.1, 0.15) is 0 Å². The molecule has 1 aromatic heterocycles. The second kappa shape index (κ2) is 7.37. The number of benzene rings is 1. The topological polar surface area (TPSA) is 93.4 Å². The number of likely N-dealkylation sites (N-methyl/N-ethyl adjacent to an activating group) is 1. The highest BCUT2D eigenvalue weighted by atomic mass is 32.2. The van der Waals surface area contributed by atoms with Crippen LogP contribution in [-0.4, -0.2) is 31.3 Å². The number of amides is 1. The summed E-state index contributed by atoms with van der Waals surface area (Å²) in [5.74, 6) is -0.202. The van der Waals surface area contributed by atoms with Crippen LogP contribution in [0.15, 0.2) is 59.8 Å². The molecular weight excluding hydrogens is 326 g/mol. The first-order chi connectivity index (χ1) is 11.3. The van der Waals surface area contributed by atoms with Crippen LogP contribution in [0.4, 0.5) is 0 Å². The molecule has 1 heterocycles. The van der Waals surface area contributed by atoms with E-state index in [-0.39, 0.29) is 16.8 Å². The zero-order valence-electron chi connectivity index (χ0n) is 13.5. The minimum Gasteiger partial charge on any atom is -0.335 e. The van der Waals surface area contributed by atoms with E-state index in [0.717, 1.165) is 5.56 Å². The van der Waals surface area contributed by atoms with Crippen molar-refractivity contribution < 1.29 is 13.2 Å². The van der Waals surface area contributed by atoms with Gasteiger partial charge in [-0.1, -0.05) is 18.2 Å². The molecule has 1 amide bonds. The van der Waals surface area contributed by atoms with E-state index in [1.54, 1.807) is 43.7 Å². The van der Waals surface area contributed by atoms with E-state index in [4.69, 9.17) is 5.14 Å². The van der Waals surface area contributed by atoms with Crippen molar-refractivity contribution >= 4 is 22.0 Å². The quantitative estimate of drug-likeness (QED) is 0.838. The van der Waals surface area contributed by atoms with Crippen molar-refractivity contribution in [1.29, 1.82) is 0 Å². The van der Waals surface area contributed by atoms with Crippen LogP contribution in [0.25, 0.3) is 6.08 Å². The third kappa shape index (κ3) is 4.50. The highest BCUT2D eigenvalue weighted by Gasteiger charge is 2.17. The number of aromatic nitrogens is 1. The number of rotatable bonds is 5. The molecule has 7 heteroatoms. The van der Waals surface area contributed by atoms with Gasteiger partial charge in [-0.3, -0.25) is 9.78 Å². The lowest BCUT2D eigenvalue weighted by molar-refractivity contribution is -0.126. The van der Waals surface area contributed by atoms with E-state index in [9.17, 15) is 13.2 Å². The Kier molecular flexibility index (Phi) is 5.48. The van der Waals surface area contributed by atoms with E-state index < -0.39 is 10.0 Å². The molecule has 2 rings (SSSR count). The van der Waals surface area contributed by atoms with Gasteiger partial charge >= 0.3 is 0 Å². The summed E-state index contributed by atoms with van der Waals surface area (Å²) < 4.78 is 22.9. The van der Waals surface area contributed by atoms with Gasteiger partial charge in [-0.05, 0) is 42.3 Å². The number of primary sulfonamides is 1. The third-order valence-electron chi connectivity index (χ3n) is 3.70. The van der Waals surface area contributed by atoms with Crippen molar-refractivity contribution in [2.45, 2.75) is 17.9 Å². The molecule has 0 radical (unpaired) electrons. The van der Waals surface area contributed by atoms with Crippen molar-refractivity contribution in [3.05, 3.63) is 66.0 Å². The SMILES string of the molecule is CC(c1cccc(S(N)(=O)=O)c1)N(C)C(=O)/C=C/c1cccnc1. The summed E-state index contributed by atoms with van der Waals surface area (Å²) in [5.41, 5.74) is 1.51. The molecule has 0 saturated carbocycles. The van der Waals surface area contributed by atoms with Gasteiger partial charge in [-0.25, -0.2) is 13.6 Å². The molecule has 6 nitrogen and oxygen atoms in total. The van der Waals surface area contributed by atoms with Gasteiger partial charge in [-0.15, -0.1) is 0 Å². The lowest BCUT2D eigenvalue weighted by Crippen LogP contribution is -2.28. The summed E-state index contributed by atoms with van der Waals surface area (Å²) in [6, 6.07) is 9.59. The number of sulfonamides is 1. The molecule has 24 heavy (non-hydrogen) atoms. The van der Waals surface area contributed by atoms with Crippen LogP contribution in [0.1, 0.15) is 24.1 Å². The van der Waals surface area contributed by atoms with E-state index >= 15 is 0 Å². The van der Waals surface area contributed by atoms with Crippen LogP contribution < -0.4 is 5.14 Å². The van der Waals surface area contributed by atoms with Crippen molar-refractivity contribution in [3.8, 4) is 0 Å². The predicted octanol–water partition coefficient (Wildman–Crippen LogP) is 1.96. The average Bonchev–Trinajstić information content (AvgIpc) is 2.58. The first-order valence-electron chi connectivity index (χ1n) is 7.26. The van der Waals surface area contributed by atoms with E-state index in [0.29, 0.717) is 5.56 Å². The minimum atomic E-state index is -3.78. The normalized spacial score (nSPS) is 13.0. The summed E-state index contributed by atoms with van der Waals surface area (Å²) in [5, 5.41) is 5.15. The Morgan fingerprint density at radius 2 is 2.04 bits per heavy atom. The fourth-order valence-electron chi connectivity index (χ4n) is 2.13. The van der Waals surface area contributed by atoms with Crippen molar-refractivity contribution in [1.82, 2.24) is 9.88 Å². The van der Waals surface area contributed by atoms with Gasteiger partial charge in [0.05, 0.1) is 10.9 Å². The summed E-state index contributed by atoms with van der Waals surface area (Å²) >= 11 is 0. The maximum Gasteiger partial charge on any atom is 0.246 e. The van der Waals surface area contributed by atoms with Crippen molar-refractivity contribution in [2.75, 3.05) is 7.05 Å². The second-order valence-electron chi connectivity index (χ2n) is 5.36. The number of pyridine rings is 1. The van der Waals surface area contributed by atoms with E-state index in [1.165, 1.54) is 23.1 Å². The van der Waals surface area contributed by atoms with Gasteiger partial charge in [0, 0.05) is 25.5 Å². The molecule has 1 aromatic carbocycles. The van der Waals surface area contributed by atoms with Crippen LogP contribution in [0.2, 0.25) is 0 Å². The lowest BCUT2D eigenvalue weighted by Gasteiger charge is -2.24. The summed E-state index contributed by atoms with van der Waals surface area (Å²) in [4.78, 5) is 17.8. The summed E-state index contributed by atoms with van der Waals surface area (Å²) in [6.45, 7) is 1.82. The zero-order chi connectivity index (χ0) is 17.7. The Morgan fingerprint density at radius 3 is 2.67 bits per heavy atom. The third-order valence-corrected chi connectivity index (χ3v) is 4.61. The second-order valence-corrected chi connectivity index (χ2v) is 6.92. The fraction of sp³-hybridized carbons (Fsp3) is 0.176. The standard InChI is InChI=1S/C17H19N3O3S/c1-13(15-6-3-7-16(11-15)24(18,22)23)20(2)17(21)9-8-14-5-4-10-19-12-14/h3-13H,1-2H3,(H2,18,22,23)/b9-8+. The molecule has 0 spiro atoms. The molecule has 1 unspecified atom stereocenters. The van der Waals surface area contributed by atoms with E-state index in [1.807, 2.05) is 13.0 Å². The fourth-order valence-corrected chi connectivity index (χ4v) is 2.69. The Hall–Kier alpha value is -2.51. The van der Waals surface area contributed by atoms with Crippen LogP contribution in [0, 0.1) is 0 Å². The maximum atomic E-state index is 12.3. The molecule has 2 aromatic rings. The van der Waals surface area contributed by atoms with Gasteiger partial charge in [-0.2, -0.15) is 0 Å². The molecule has 2 N–H and O–H groups in total. The summed E-state index contributed by atoms with van der Waals surface area (Å²) in [7, 11) is -2.12. The Balaban J connectivity index is 2.16. The molecule has 0 saturated heterocycles. The number of carbonyl (C=O) groups excluding carboxylic acids is 1. The van der Waals surface area contributed by atoms with Gasteiger partial charge < -0.3 is 4.90 Å². The molecular formula is C17H19N3O3S. The monoisotopic (exact) mass is 345 g/mol. The minimum absolute atomic E-state index is 0.0265. The Morgan fingerprint density at radius 1 is 1.29 bits per heavy atom. The zero-order valence-corrected chi connectivity index (χ0v) is 14.3. The highest BCUT2D eigenvalue weighted by molar-refractivity contribution is 7.89. The molecule has 0 aliphatic carbocycles. The number of hydrogen-bond donors (Lipinski definition) is 1. The number of carbonyl (C=O) groups is 1. The predicted molar refractivity (Wildman–Crippen MR) is 92.3 cm³/mol. The molecule has 1 atom stereocenters. The van der Waals surface area contributed by atoms with Crippen molar-refractivity contribution in [3.63, 3.8) is 0 Å². The van der Waals surface area contributed by atoms with E-state index in [2.05, 4.69) is 4.98 Å². The first kappa shape index (κ1) is 17.8. The number of nitrogens with two attached hydrogens (primary N) is 1. The van der Waals surface area contributed by atoms with Crippen LogP contribution in [-0.2, 0) is 14.8 Å². The van der Waals surface area contributed by atoms with Crippen LogP contribution in [0.3, 0.4) is 0 Å². The summed E-state index contributed by atoms with van der Waals surface area (Å²) in [6.07, 6.45) is 6.45. The molecule has 0 bridgehead atoms. The number of nitrogens with zero attached hydrogens (tertiary/aromatic N) is 2. The van der Waals surface area contributed by atoms with Gasteiger partial charge in [0.15, 0.2) is 0 Å². The first-order valence-corrected chi connectivity index (χ1v) is 8.81. The largest absolute Gasteiger partial charge is 0.335 e. The molecule has 126 valence electrons. The lowest BCUT2D eigenvalue weighted by atomic mass is 10.1. The number of hydrogen-bond acceptors (Lipinski definition) is 4. The van der Waals surface area contributed by atoms with Crippen LogP contribution >= 0.6 is 0 Å². The maximum absolute atomic E-state index is 12.3. The average molecular weight is 345 g/mol. The Labute approximate surface area is 141 Å². The molecule has 0 aliphatic rings. The van der Waals surface area contributed by atoms with Gasteiger partial charge in [0.2, 0.25) is 15.9 Å². The molecule has 0 aliphatic heterocycles. The Bertz CT molecular complexity index is 848. The smallest absolute Gasteiger partial charge is 0.246 e. The molecule has 0 fully saturated rings. The van der Waals surface area contributed by atoms with Crippen molar-refractivity contribution in [2.24, 2.45) is 5.14 Å². The van der Waals surface area contributed by atoms with Gasteiger partial charge in [0.25, 0.3) is 0 Å². The highest BCUT2D eigenvalue weighted by Crippen LogP contribution is 2.21. The van der Waals surface area contributed by atoms with Crippen LogP contribution in [0.5, 0.6) is 0 Å².